The first-order valence-electron chi connectivity index (χ1n) is 10.6. The molecule has 0 aliphatic carbocycles. The van der Waals surface area contributed by atoms with Crippen molar-refractivity contribution in [3.63, 3.8) is 0 Å². The summed E-state index contributed by atoms with van der Waals surface area (Å²) in [6.45, 7) is 8.42. The van der Waals surface area contributed by atoms with Crippen LogP contribution in [0.1, 0.15) is 85.5 Å². The molecule has 6 nitrogen and oxygen atoms in total. The molecule has 0 heterocycles. The first-order chi connectivity index (χ1) is 12.9. The SMILES string of the molecule is CCCCC(CC)COP(=O)(OCC(=O)CCO)OCC(CC)CCCC. The Morgan fingerprint density at radius 2 is 1.37 bits per heavy atom. The molecule has 27 heavy (non-hydrogen) atoms. The van der Waals surface area contributed by atoms with Gasteiger partial charge in [-0.05, 0) is 24.7 Å². The predicted octanol–water partition coefficient (Wildman–Crippen LogP) is 5.53. The summed E-state index contributed by atoms with van der Waals surface area (Å²) in [5, 5.41) is 8.84. The third-order valence-corrected chi connectivity index (χ3v) is 6.17. The number of aliphatic hydroxyl groups excluding tert-OH is 1. The fourth-order valence-corrected chi connectivity index (χ4v) is 3.96. The first-order valence-corrected chi connectivity index (χ1v) is 12.1. The van der Waals surface area contributed by atoms with Crippen LogP contribution in [0.2, 0.25) is 0 Å². The second kappa shape index (κ2) is 16.7. The molecule has 0 rings (SSSR count). The van der Waals surface area contributed by atoms with Gasteiger partial charge in [-0.25, -0.2) is 4.57 Å². The molecule has 0 bridgehead atoms. The number of phosphoric ester groups is 1. The molecule has 0 saturated heterocycles. The second-order valence-electron chi connectivity index (χ2n) is 7.16. The molecule has 0 fully saturated rings. The highest BCUT2D eigenvalue weighted by Gasteiger charge is 2.30. The quantitative estimate of drug-likeness (QED) is 0.283. The highest BCUT2D eigenvalue weighted by Crippen LogP contribution is 2.50. The van der Waals surface area contributed by atoms with Crippen LogP contribution in [-0.2, 0) is 22.9 Å². The summed E-state index contributed by atoms with van der Waals surface area (Å²) >= 11 is 0. The Kier molecular flexibility index (Phi) is 16.5. The molecule has 0 aliphatic rings. The van der Waals surface area contributed by atoms with Crippen molar-refractivity contribution < 1.29 is 28.0 Å². The Hall–Kier alpha value is -0.260. The lowest BCUT2D eigenvalue weighted by molar-refractivity contribution is -0.122. The number of ketones is 1. The minimum atomic E-state index is -3.80. The van der Waals surface area contributed by atoms with Crippen molar-refractivity contribution in [2.45, 2.75) is 85.5 Å². The normalized spacial score (nSPS) is 16.0. The molecule has 0 spiro atoms. The fourth-order valence-electron chi connectivity index (χ4n) is 2.65. The molecule has 1 N–H and O–H groups in total. The monoisotopic (exact) mass is 408 g/mol. The maximum absolute atomic E-state index is 13.0. The minimum Gasteiger partial charge on any atom is -0.396 e. The van der Waals surface area contributed by atoms with Crippen LogP contribution in [0.15, 0.2) is 0 Å². The van der Waals surface area contributed by atoms with Crippen LogP contribution in [0, 0.1) is 11.8 Å². The van der Waals surface area contributed by atoms with Crippen molar-refractivity contribution >= 4 is 13.6 Å². The van der Waals surface area contributed by atoms with Gasteiger partial charge in [0, 0.05) is 6.42 Å². The molecule has 2 atom stereocenters. The number of aliphatic hydroxyl groups is 1. The molecule has 0 radical (unpaired) electrons. The van der Waals surface area contributed by atoms with Crippen molar-refractivity contribution in [1.29, 1.82) is 0 Å². The summed E-state index contributed by atoms with van der Waals surface area (Å²) in [5.41, 5.74) is 0. The maximum atomic E-state index is 13.0. The summed E-state index contributed by atoms with van der Waals surface area (Å²) in [5.74, 6) is 0.266. The van der Waals surface area contributed by atoms with Crippen LogP contribution in [-0.4, -0.2) is 37.3 Å². The molecule has 7 heteroatoms. The third kappa shape index (κ3) is 13.5. The molecular weight excluding hydrogens is 367 g/mol. The van der Waals surface area contributed by atoms with E-state index >= 15 is 0 Å². The Labute approximate surface area is 166 Å². The maximum Gasteiger partial charge on any atom is 0.475 e. The van der Waals surface area contributed by atoms with E-state index in [1.165, 1.54) is 0 Å². The van der Waals surface area contributed by atoms with E-state index in [9.17, 15) is 9.36 Å². The molecule has 0 amide bonds. The summed E-state index contributed by atoms with van der Waals surface area (Å²) in [7, 11) is -3.80. The van der Waals surface area contributed by atoms with Crippen LogP contribution >= 0.6 is 7.82 Å². The average Bonchev–Trinajstić information content (AvgIpc) is 2.67. The van der Waals surface area contributed by atoms with E-state index < -0.39 is 7.82 Å². The van der Waals surface area contributed by atoms with Crippen molar-refractivity contribution in [3.8, 4) is 0 Å². The van der Waals surface area contributed by atoms with Gasteiger partial charge in [-0.3, -0.25) is 18.4 Å². The number of hydrogen-bond acceptors (Lipinski definition) is 6. The summed E-state index contributed by atoms with van der Waals surface area (Å²) < 4.78 is 29.5. The zero-order valence-corrected chi connectivity index (χ0v) is 18.7. The minimum absolute atomic E-state index is 0.0256. The van der Waals surface area contributed by atoms with Crippen LogP contribution in [0.3, 0.4) is 0 Å². The number of phosphoric acid groups is 1. The van der Waals surface area contributed by atoms with Crippen LogP contribution < -0.4 is 0 Å². The Bertz CT molecular complexity index is 391. The van der Waals surface area contributed by atoms with Crippen molar-refractivity contribution in [3.05, 3.63) is 0 Å². The Balaban J connectivity index is 4.80. The second-order valence-corrected chi connectivity index (χ2v) is 8.83. The highest BCUT2D eigenvalue weighted by atomic mass is 31.2. The van der Waals surface area contributed by atoms with E-state index in [0.717, 1.165) is 51.4 Å². The van der Waals surface area contributed by atoms with Crippen molar-refractivity contribution in [1.82, 2.24) is 0 Å². The number of unbranched alkanes of at least 4 members (excludes halogenated alkanes) is 2. The van der Waals surface area contributed by atoms with Crippen molar-refractivity contribution in [2.24, 2.45) is 11.8 Å². The number of carbonyl (C=O) groups excluding carboxylic acids is 1. The molecule has 0 aromatic carbocycles. The van der Waals surface area contributed by atoms with E-state index in [0.29, 0.717) is 25.0 Å². The fraction of sp³-hybridized carbons (Fsp3) is 0.950. The van der Waals surface area contributed by atoms with Gasteiger partial charge < -0.3 is 5.11 Å². The Morgan fingerprint density at radius 3 is 1.74 bits per heavy atom. The third-order valence-electron chi connectivity index (χ3n) is 4.80. The first kappa shape index (κ1) is 26.7. The van der Waals surface area contributed by atoms with E-state index in [2.05, 4.69) is 27.7 Å². The highest BCUT2D eigenvalue weighted by molar-refractivity contribution is 7.48. The van der Waals surface area contributed by atoms with Gasteiger partial charge in [-0.1, -0.05) is 66.2 Å². The van der Waals surface area contributed by atoms with E-state index in [-0.39, 0.29) is 25.4 Å². The lowest BCUT2D eigenvalue weighted by atomic mass is 10.0. The molecule has 2 unspecified atom stereocenters. The summed E-state index contributed by atoms with van der Waals surface area (Å²) in [6.07, 6.45) is 8.24. The van der Waals surface area contributed by atoms with Crippen LogP contribution in [0.25, 0.3) is 0 Å². The zero-order valence-electron chi connectivity index (χ0n) is 17.8. The lowest BCUT2D eigenvalue weighted by Crippen LogP contribution is -2.16. The zero-order chi connectivity index (χ0) is 20.5. The summed E-state index contributed by atoms with van der Waals surface area (Å²) in [6, 6.07) is 0. The molecule has 0 aromatic rings. The van der Waals surface area contributed by atoms with E-state index in [1.54, 1.807) is 0 Å². The van der Waals surface area contributed by atoms with Gasteiger partial charge in [-0.15, -0.1) is 0 Å². The number of carbonyl (C=O) groups is 1. The number of rotatable bonds is 19. The van der Waals surface area contributed by atoms with Crippen LogP contribution in [0.5, 0.6) is 0 Å². The van der Waals surface area contributed by atoms with Crippen LogP contribution in [0.4, 0.5) is 0 Å². The topological polar surface area (TPSA) is 82.1 Å². The van der Waals surface area contributed by atoms with Gasteiger partial charge in [0.25, 0.3) is 0 Å². The number of hydrogen-bond donors (Lipinski definition) is 1. The van der Waals surface area contributed by atoms with E-state index in [4.69, 9.17) is 18.7 Å². The molecule has 162 valence electrons. The molecule has 0 aliphatic heterocycles. The molecular formula is C20H41O6P. The Morgan fingerprint density at radius 1 is 0.889 bits per heavy atom. The van der Waals surface area contributed by atoms with Gasteiger partial charge in [0.1, 0.15) is 6.61 Å². The lowest BCUT2D eigenvalue weighted by Gasteiger charge is -2.23. The van der Waals surface area contributed by atoms with E-state index in [1.807, 2.05) is 0 Å². The average molecular weight is 409 g/mol. The van der Waals surface area contributed by atoms with Gasteiger partial charge in [0.05, 0.1) is 19.8 Å². The van der Waals surface area contributed by atoms with Gasteiger partial charge >= 0.3 is 7.82 Å². The van der Waals surface area contributed by atoms with Gasteiger partial charge in [0.2, 0.25) is 0 Å². The smallest absolute Gasteiger partial charge is 0.396 e. The van der Waals surface area contributed by atoms with Gasteiger partial charge in [0.15, 0.2) is 5.78 Å². The largest absolute Gasteiger partial charge is 0.475 e. The van der Waals surface area contributed by atoms with Gasteiger partial charge in [-0.2, -0.15) is 0 Å². The predicted molar refractivity (Wildman–Crippen MR) is 109 cm³/mol. The molecule has 0 aromatic heterocycles. The summed E-state index contributed by atoms with van der Waals surface area (Å²) in [4.78, 5) is 11.6. The standard InChI is InChI=1S/C20H41O6P/c1-5-9-11-18(7-3)15-24-27(23,26-17-20(22)13-14-21)25-16-19(8-4)12-10-6-2/h18-19,21H,5-17H2,1-4H3. The van der Waals surface area contributed by atoms with Crippen molar-refractivity contribution in [2.75, 3.05) is 26.4 Å². The number of Topliss-reactive ketones (excluding diaryl/α,β-unsaturated/α-hetero) is 1. The molecule has 0 saturated carbocycles.